The van der Waals surface area contributed by atoms with Crippen molar-refractivity contribution in [2.45, 2.75) is 30.5 Å². The number of thioether (sulfide) groups is 1. The average molecular weight is 454 g/mol. The van der Waals surface area contributed by atoms with Crippen LogP contribution in [0, 0.1) is 6.92 Å². The number of aromatic nitrogens is 5. The van der Waals surface area contributed by atoms with Crippen molar-refractivity contribution in [3.8, 4) is 11.5 Å². The molecule has 1 unspecified atom stereocenters. The molecule has 1 aromatic carbocycles. The van der Waals surface area contributed by atoms with Gasteiger partial charge < -0.3 is 9.47 Å². The Morgan fingerprint density at radius 1 is 1.32 bits per heavy atom. The Bertz CT molecular complexity index is 1330. The molecule has 0 N–H and O–H groups in total. The highest BCUT2D eigenvalue weighted by Gasteiger charge is 2.28. The van der Waals surface area contributed by atoms with Crippen LogP contribution in [0.15, 0.2) is 58.3 Å². The third kappa shape index (κ3) is 3.72. The van der Waals surface area contributed by atoms with E-state index in [4.69, 9.17) is 9.47 Å². The van der Waals surface area contributed by atoms with Gasteiger partial charge in [0.25, 0.3) is 5.56 Å². The summed E-state index contributed by atoms with van der Waals surface area (Å²) in [6.07, 6.45) is 1.42. The van der Waals surface area contributed by atoms with Crippen molar-refractivity contribution >= 4 is 28.1 Å². The van der Waals surface area contributed by atoms with E-state index in [2.05, 4.69) is 21.8 Å². The number of benzene rings is 1. The molecule has 31 heavy (non-hydrogen) atoms. The summed E-state index contributed by atoms with van der Waals surface area (Å²) in [7, 11) is 0. The average Bonchev–Trinajstić information content (AvgIpc) is 3.36. The summed E-state index contributed by atoms with van der Waals surface area (Å²) in [6, 6.07) is 9.14. The lowest BCUT2D eigenvalue weighted by molar-refractivity contribution is 0.0821. The van der Waals surface area contributed by atoms with Gasteiger partial charge in [-0.1, -0.05) is 30.0 Å². The molecule has 0 saturated heterocycles. The van der Waals surface area contributed by atoms with Crippen LogP contribution < -0.4 is 15.0 Å². The lowest BCUT2D eigenvalue weighted by Crippen LogP contribution is -2.25. The minimum atomic E-state index is -0.370. The number of thiazole rings is 1. The van der Waals surface area contributed by atoms with Crippen LogP contribution in [0.1, 0.15) is 23.3 Å². The second kappa shape index (κ2) is 8.20. The van der Waals surface area contributed by atoms with Crippen LogP contribution >= 0.6 is 23.1 Å². The number of para-hydroxylation sites is 2. The third-order valence-electron chi connectivity index (χ3n) is 4.83. The van der Waals surface area contributed by atoms with E-state index in [0.29, 0.717) is 46.3 Å². The molecule has 1 atom stereocenters. The SMILES string of the molecule is C=CCn1c(SCc2cc(=O)n3c(C)csc3n2)nnc1C1COc2ccccc2O1. The summed E-state index contributed by atoms with van der Waals surface area (Å²) in [5.74, 6) is 2.59. The molecule has 4 aromatic rings. The Morgan fingerprint density at radius 3 is 3.00 bits per heavy atom. The van der Waals surface area contributed by atoms with Crippen molar-refractivity contribution in [1.29, 1.82) is 0 Å². The summed E-state index contributed by atoms with van der Waals surface area (Å²) < 4.78 is 15.5. The monoisotopic (exact) mass is 453 g/mol. The molecule has 158 valence electrons. The van der Waals surface area contributed by atoms with Gasteiger partial charge in [0.1, 0.15) is 6.61 Å². The van der Waals surface area contributed by atoms with Crippen LogP contribution in [0.3, 0.4) is 0 Å². The maximum Gasteiger partial charge on any atom is 0.258 e. The number of rotatable bonds is 6. The Hall–Kier alpha value is -3.11. The Labute approximate surface area is 186 Å². The molecule has 0 spiro atoms. The Balaban J connectivity index is 1.39. The summed E-state index contributed by atoms with van der Waals surface area (Å²) in [4.78, 5) is 17.7. The van der Waals surface area contributed by atoms with E-state index in [-0.39, 0.29) is 11.7 Å². The number of allylic oxidation sites excluding steroid dienone is 1. The molecule has 4 heterocycles. The molecular formula is C21H19N5O3S2. The highest BCUT2D eigenvalue weighted by molar-refractivity contribution is 7.98. The molecule has 3 aromatic heterocycles. The van der Waals surface area contributed by atoms with E-state index in [9.17, 15) is 4.79 Å². The lowest BCUT2D eigenvalue weighted by Gasteiger charge is -2.26. The Kier molecular flexibility index (Phi) is 5.24. The molecule has 0 bridgehead atoms. The highest BCUT2D eigenvalue weighted by Crippen LogP contribution is 2.36. The maximum atomic E-state index is 12.4. The molecule has 1 aliphatic heterocycles. The van der Waals surface area contributed by atoms with Crippen LogP contribution in [0.4, 0.5) is 0 Å². The zero-order valence-corrected chi connectivity index (χ0v) is 18.4. The first-order valence-corrected chi connectivity index (χ1v) is 11.5. The van der Waals surface area contributed by atoms with Crippen LogP contribution in [-0.2, 0) is 12.3 Å². The molecule has 0 radical (unpaired) electrons. The molecular weight excluding hydrogens is 434 g/mol. The summed E-state index contributed by atoms with van der Waals surface area (Å²) in [5, 5.41) is 11.4. The van der Waals surface area contributed by atoms with Crippen LogP contribution in [0.5, 0.6) is 11.5 Å². The molecule has 5 rings (SSSR count). The van der Waals surface area contributed by atoms with Crippen LogP contribution in [0.2, 0.25) is 0 Å². The van der Waals surface area contributed by atoms with Crippen LogP contribution in [0.25, 0.3) is 4.96 Å². The summed E-state index contributed by atoms with van der Waals surface area (Å²) in [6.45, 7) is 6.64. The van der Waals surface area contributed by atoms with Gasteiger partial charge in [-0.15, -0.1) is 28.1 Å². The van der Waals surface area contributed by atoms with Crippen LogP contribution in [-0.4, -0.2) is 30.8 Å². The quantitative estimate of drug-likeness (QED) is 0.325. The minimum Gasteiger partial charge on any atom is -0.485 e. The topological polar surface area (TPSA) is 83.5 Å². The Morgan fingerprint density at radius 2 is 2.16 bits per heavy atom. The molecule has 0 amide bonds. The standard InChI is InChI=1S/C21H19N5O3S2/c1-3-8-25-19(17-10-28-15-6-4-5-7-16(15)29-17)23-24-21(25)31-12-14-9-18(27)26-13(2)11-30-20(26)22-14/h3-7,9,11,17H,1,8,10,12H2,2H3. The van der Waals surface area contributed by atoms with Crippen molar-refractivity contribution in [1.82, 2.24) is 24.1 Å². The fourth-order valence-electron chi connectivity index (χ4n) is 3.41. The molecule has 1 aliphatic rings. The van der Waals surface area contributed by atoms with E-state index in [1.807, 2.05) is 41.1 Å². The van der Waals surface area contributed by atoms with Crippen molar-refractivity contribution in [2.24, 2.45) is 0 Å². The number of hydrogen-bond acceptors (Lipinski definition) is 8. The smallest absolute Gasteiger partial charge is 0.258 e. The second-order valence-corrected chi connectivity index (χ2v) is 8.75. The fourth-order valence-corrected chi connectivity index (χ4v) is 5.14. The first kappa shape index (κ1) is 19.8. The van der Waals surface area contributed by atoms with Gasteiger partial charge >= 0.3 is 0 Å². The predicted molar refractivity (Wildman–Crippen MR) is 119 cm³/mol. The predicted octanol–water partition coefficient (Wildman–Crippen LogP) is 3.65. The van der Waals surface area contributed by atoms with E-state index in [0.717, 1.165) is 11.4 Å². The van der Waals surface area contributed by atoms with E-state index in [1.165, 1.54) is 23.1 Å². The molecule has 8 nitrogen and oxygen atoms in total. The lowest BCUT2D eigenvalue weighted by atomic mass is 10.2. The highest BCUT2D eigenvalue weighted by atomic mass is 32.2. The first-order chi connectivity index (χ1) is 15.1. The zero-order chi connectivity index (χ0) is 21.4. The first-order valence-electron chi connectivity index (χ1n) is 9.66. The van der Waals surface area contributed by atoms with Gasteiger partial charge in [0.15, 0.2) is 33.5 Å². The van der Waals surface area contributed by atoms with E-state index in [1.54, 1.807) is 16.5 Å². The van der Waals surface area contributed by atoms with Crippen molar-refractivity contribution in [3.63, 3.8) is 0 Å². The van der Waals surface area contributed by atoms with Gasteiger partial charge in [0.05, 0.1) is 5.69 Å². The molecule has 0 aliphatic carbocycles. The van der Waals surface area contributed by atoms with Crippen molar-refractivity contribution in [3.05, 3.63) is 75.9 Å². The van der Waals surface area contributed by atoms with Gasteiger partial charge in [-0.2, -0.15) is 0 Å². The molecule has 0 saturated carbocycles. The fraction of sp³-hybridized carbons (Fsp3) is 0.238. The van der Waals surface area contributed by atoms with Gasteiger partial charge in [-0.05, 0) is 19.1 Å². The summed E-state index contributed by atoms with van der Waals surface area (Å²) in [5.41, 5.74) is 1.53. The van der Waals surface area contributed by atoms with Gasteiger partial charge in [-0.3, -0.25) is 13.8 Å². The van der Waals surface area contributed by atoms with Crippen molar-refractivity contribution < 1.29 is 9.47 Å². The largest absolute Gasteiger partial charge is 0.485 e. The number of hydrogen-bond donors (Lipinski definition) is 0. The normalized spacial score (nSPS) is 15.3. The zero-order valence-electron chi connectivity index (χ0n) is 16.7. The second-order valence-electron chi connectivity index (χ2n) is 6.97. The number of fused-ring (bicyclic) bond motifs is 2. The molecule has 0 fully saturated rings. The van der Waals surface area contributed by atoms with Gasteiger partial charge in [0.2, 0.25) is 0 Å². The minimum absolute atomic E-state index is 0.0704. The molecule has 10 heteroatoms. The number of nitrogens with zero attached hydrogens (tertiary/aromatic N) is 5. The number of ether oxygens (including phenoxy) is 2. The van der Waals surface area contributed by atoms with E-state index >= 15 is 0 Å². The summed E-state index contributed by atoms with van der Waals surface area (Å²) >= 11 is 2.93. The third-order valence-corrected chi connectivity index (χ3v) is 6.78. The maximum absolute atomic E-state index is 12.4. The number of aryl methyl sites for hydroxylation is 1. The van der Waals surface area contributed by atoms with Gasteiger partial charge in [0, 0.05) is 29.4 Å². The van der Waals surface area contributed by atoms with Gasteiger partial charge in [-0.25, -0.2) is 4.98 Å². The van der Waals surface area contributed by atoms with Crippen molar-refractivity contribution in [2.75, 3.05) is 6.61 Å². The van der Waals surface area contributed by atoms with E-state index < -0.39 is 0 Å².